The monoisotopic (exact) mass is 234 g/mol. The Kier molecular flexibility index (Phi) is 3.41. The van der Waals surface area contributed by atoms with Gasteiger partial charge >= 0.3 is 0 Å². The van der Waals surface area contributed by atoms with Gasteiger partial charge in [-0.05, 0) is 29.7 Å². The van der Waals surface area contributed by atoms with Gasteiger partial charge in [0.15, 0.2) is 11.8 Å². The molecule has 2 heteroatoms. The molecule has 90 valence electrons. The highest BCUT2D eigenvalue weighted by molar-refractivity contribution is 5.76. The van der Waals surface area contributed by atoms with Gasteiger partial charge in [-0.3, -0.25) is 0 Å². The van der Waals surface area contributed by atoms with E-state index in [-0.39, 0.29) is 6.42 Å². The van der Waals surface area contributed by atoms with Crippen LogP contribution < -0.4 is 0 Å². The molecule has 1 aromatic rings. The first-order chi connectivity index (χ1) is 8.15. The summed E-state index contributed by atoms with van der Waals surface area (Å²) in [4.78, 5) is 0. The zero-order chi connectivity index (χ0) is 12.3. The Balaban J connectivity index is 2.24. The SMILES string of the molecule is CCCC1(F)C=CC(c2ccccc2)=CC1F. The van der Waals surface area contributed by atoms with Gasteiger partial charge in [0.25, 0.3) is 0 Å². The Morgan fingerprint density at radius 1 is 1.24 bits per heavy atom. The molecule has 1 aliphatic carbocycles. The zero-order valence-electron chi connectivity index (χ0n) is 9.87. The molecule has 0 amide bonds. The Hall–Kier alpha value is -1.44. The number of alkyl halides is 2. The summed E-state index contributed by atoms with van der Waals surface area (Å²) in [6.07, 6.45) is 3.73. The van der Waals surface area contributed by atoms with E-state index in [0.717, 1.165) is 11.1 Å². The van der Waals surface area contributed by atoms with Gasteiger partial charge in [-0.25, -0.2) is 8.78 Å². The second kappa shape index (κ2) is 4.82. The van der Waals surface area contributed by atoms with E-state index >= 15 is 0 Å². The van der Waals surface area contributed by atoms with Crippen LogP contribution in [-0.4, -0.2) is 11.8 Å². The minimum atomic E-state index is -1.83. The lowest BCUT2D eigenvalue weighted by atomic mass is 9.86. The maximum atomic E-state index is 14.1. The predicted molar refractivity (Wildman–Crippen MR) is 67.2 cm³/mol. The molecule has 0 aliphatic heterocycles. The lowest BCUT2D eigenvalue weighted by molar-refractivity contribution is 0.114. The first kappa shape index (κ1) is 12.0. The van der Waals surface area contributed by atoms with Crippen molar-refractivity contribution in [1.82, 2.24) is 0 Å². The third-order valence-electron chi connectivity index (χ3n) is 3.06. The van der Waals surface area contributed by atoms with Crippen LogP contribution in [0.3, 0.4) is 0 Å². The second-order valence-corrected chi connectivity index (χ2v) is 4.40. The quantitative estimate of drug-likeness (QED) is 0.723. The average Bonchev–Trinajstić information content (AvgIpc) is 2.34. The largest absolute Gasteiger partial charge is 0.239 e. The smallest absolute Gasteiger partial charge is 0.164 e. The van der Waals surface area contributed by atoms with Crippen molar-refractivity contribution in [2.45, 2.75) is 31.6 Å². The van der Waals surface area contributed by atoms with Gasteiger partial charge in [-0.1, -0.05) is 49.8 Å². The van der Waals surface area contributed by atoms with E-state index in [9.17, 15) is 8.78 Å². The van der Waals surface area contributed by atoms with E-state index < -0.39 is 11.8 Å². The topological polar surface area (TPSA) is 0 Å². The summed E-state index contributed by atoms with van der Waals surface area (Å²) in [5.74, 6) is 0. The van der Waals surface area contributed by atoms with Gasteiger partial charge in [-0.15, -0.1) is 0 Å². The number of rotatable bonds is 3. The molecule has 0 heterocycles. The lowest BCUT2D eigenvalue weighted by Crippen LogP contribution is -2.33. The molecule has 0 saturated heterocycles. The highest BCUT2D eigenvalue weighted by Gasteiger charge is 2.37. The fourth-order valence-electron chi connectivity index (χ4n) is 2.10. The Bertz CT molecular complexity index is 433. The molecule has 1 aliphatic rings. The molecule has 0 nitrogen and oxygen atoms in total. The van der Waals surface area contributed by atoms with Gasteiger partial charge in [0, 0.05) is 0 Å². The highest BCUT2D eigenvalue weighted by Crippen LogP contribution is 2.35. The van der Waals surface area contributed by atoms with Gasteiger partial charge in [0.2, 0.25) is 0 Å². The first-order valence-electron chi connectivity index (χ1n) is 5.95. The van der Waals surface area contributed by atoms with Crippen LogP contribution in [0.5, 0.6) is 0 Å². The summed E-state index contributed by atoms with van der Waals surface area (Å²) in [5, 5.41) is 0. The summed E-state index contributed by atoms with van der Waals surface area (Å²) in [6.45, 7) is 1.86. The summed E-state index contributed by atoms with van der Waals surface area (Å²) >= 11 is 0. The molecular weight excluding hydrogens is 218 g/mol. The molecule has 2 rings (SSSR count). The molecule has 17 heavy (non-hydrogen) atoms. The molecule has 1 aromatic carbocycles. The number of halogens is 2. The van der Waals surface area contributed by atoms with Crippen LogP contribution >= 0.6 is 0 Å². The third kappa shape index (κ3) is 2.46. The highest BCUT2D eigenvalue weighted by atomic mass is 19.2. The molecule has 0 saturated carbocycles. The standard InChI is InChI=1S/C15H16F2/c1-2-9-15(17)10-8-13(11-14(15)16)12-6-4-3-5-7-12/h3-8,10-11,14H,2,9H2,1H3. The van der Waals surface area contributed by atoms with E-state index in [0.29, 0.717) is 6.42 Å². The van der Waals surface area contributed by atoms with E-state index in [1.807, 2.05) is 37.3 Å². The summed E-state index contributed by atoms with van der Waals surface area (Å²) in [7, 11) is 0. The predicted octanol–water partition coefficient (Wildman–Crippen LogP) is 4.49. The van der Waals surface area contributed by atoms with Gasteiger partial charge < -0.3 is 0 Å². The third-order valence-corrected chi connectivity index (χ3v) is 3.06. The molecule has 0 radical (unpaired) electrons. The molecule has 2 unspecified atom stereocenters. The van der Waals surface area contributed by atoms with Gasteiger partial charge in [0.05, 0.1) is 0 Å². The van der Waals surface area contributed by atoms with Crippen LogP contribution in [0.1, 0.15) is 25.3 Å². The van der Waals surface area contributed by atoms with Crippen LogP contribution in [-0.2, 0) is 0 Å². The van der Waals surface area contributed by atoms with Crippen LogP contribution in [0.4, 0.5) is 8.78 Å². The summed E-state index contributed by atoms with van der Waals surface area (Å²) in [5.41, 5.74) is -0.153. The Labute approximate surface area is 101 Å². The zero-order valence-corrected chi connectivity index (χ0v) is 9.87. The Morgan fingerprint density at radius 2 is 1.94 bits per heavy atom. The van der Waals surface area contributed by atoms with Crippen LogP contribution in [0, 0.1) is 0 Å². The second-order valence-electron chi connectivity index (χ2n) is 4.40. The van der Waals surface area contributed by atoms with Crippen molar-refractivity contribution in [3.8, 4) is 0 Å². The van der Waals surface area contributed by atoms with E-state index in [2.05, 4.69) is 0 Å². The Morgan fingerprint density at radius 3 is 2.53 bits per heavy atom. The first-order valence-corrected chi connectivity index (χ1v) is 5.95. The van der Waals surface area contributed by atoms with Gasteiger partial charge in [-0.2, -0.15) is 0 Å². The van der Waals surface area contributed by atoms with E-state index in [1.165, 1.54) is 12.2 Å². The van der Waals surface area contributed by atoms with Crippen molar-refractivity contribution in [1.29, 1.82) is 0 Å². The summed E-state index contributed by atoms with van der Waals surface area (Å²) < 4.78 is 28.0. The van der Waals surface area contributed by atoms with Crippen molar-refractivity contribution in [3.63, 3.8) is 0 Å². The normalized spacial score (nSPS) is 27.9. The molecular formula is C15H16F2. The molecule has 0 bridgehead atoms. The summed E-state index contributed by atoms with van der Waals surface area (Å²) in [6, 6.07) is 9.48. The average molecular weight is 234 g/mol. The fourth-order valence-corrected chi connectivity index (χ4v) is 2.10. The molecule has 0 fully saturated rings. The van der Waals surface area contributed by atoms with E-state index in [1.54, 1.807) is 6.08 Å². The fraction of sp³-hybridized carbons (Fsp3) is 0.333. The number of benzene rings is 1. The minimum absolute atomic E-state index is 0.225. The van der Waals surface area contributed by atoms with E-state index in [4.69, 9.17) is 0 Å². The molecule has 2 atom stereocenters. The molecule has 0 N–H and O–H groups in total. The van der Waals surface area contributed by atoms with Crippen molar-refractivity contribution in [2.24, 2.45) is 0 Å². The maximum Gasteiger partial charge on any atom is 0.164 e. The molecule has 0 aromatic heterocycles. The maximum absolute atomic E-state index is 14.1. The van der Waals surface area contributed by atoms with Crippen LogP contribution in [0.25, 0.3) is 5.57 Å². The minimum Gasteiger partial charge on any atom is -0.239 e. The number of hydrogen-bond donors (Lipinski definition) is 0. The van der Waals surface area contributed by atoms with Crippen molar-refractivity contribution < 1.29 is 8.78 Å². The number of allylic oxidation sites excluding steroid dienone is 4. The molecule has 0 spiro atoms. The van der Waals surface area contributed by atoms with Gasteiger partial charge in [0.1, 0.15) is 0 Å². The van der Waals surface area contributed by atoms with Crippen LogP contribution in [0.2, 0.25) is 0 Å². The lowest BCUT2D eigenvalue weighted by Gasteiger charge is -2.27. The van der Waals surface area contributed by atoms with Crippen molar-refractivity contribution in [3.05, 3.63) is 54.1 Å². The number of hydrogen-bond acceptors (Lipinski definition) is 0. The van der Waals surface area contributed by atoms with Crippen molar-refractivity contribution >= 4 is 5.57 Å². The van der Waals surface area contributed by atoms with Crippen LogP contribution in [0.15, 0.2) is 48.6 Å². The van der Waals surface area contributed by atoms with Crippen molar-refractivity contribution in [2.75, 3.05) is 0 Å².